The number of benzene rings is 1. The monoisotopic (exact) mass is 291 g/mol. The Morgan fingerprint density at radius 2 is 1.90 bits per heavy atom. The van der Waals surface area contributed by atoms with Crippen molar-refractivity contribution in [1.29, 1.82) is 0 Å². The zero-order valence-corrected chi connectivity index (χ0v) is 14.0. The number of ether oxygens (including phenoxy) is 2. The van der Waals surface area contributed by atoms with Crippen molar-refractivity contribution in [3.05, 3.63) is 23.8 Å². The van der Waals surface area contributed by atoms with Crippen molar-refractivity contribution in [1.82, 2.24) is 5.32 Å². The van der Waals surface area contributed by atoms with Gasteiger partial charge < -0.3 is 14.8 Å². The summed E-state index contributed by atoms with van der Waals surface area (Å²) in [7, 11) is 1.71. The molecule has 1 N–H and O–H groups in total. The number of hydrogen-bond donors (Lipinski definition) is 1. The van der Waals surface area contributed by atoms with E-state index in [-0.39, 0.29) is 11.5 Å². The lowest BCUT2D eigenvalue weighted by atomic mass is 9.58. The third-order valence-electron chi connectivity index (χ3n) is 5.14. The second-order valence-corrected chi connectivity index (χ2v) is 6.05. The predicted molar refractivity (Wildman–Crippen MR) is 87.2 cm³/mol. The van der Waals surface area contributed by atoms with Crippen LogP contribution < -0.4 is 14.8 Å². The summed E-state index contributed by atoms with van der Waals surface area (Å²) >= 11 is 0. The van der Waals surface area contributed by atoms with Crippen molar-refractivity contribution in [3.63, 3.8) is 0 Å². The normalized spacial score (nSPS) is 23.5. The molecule has 0 radical (unpaired) electrons. The zero-order chi connectivity index (χ0) is 15.5. The molecule has 0 amide bonds. The Balaban J connectivity index is 2.16. The summed E-state index contributed by atoms with van der Waals surface area (Å²) in [5.74, 6) is 1.71. The van der Waals surface area contributed by atoms with Gasteiger partial charge in [-0.05, 0) is 44.0 Å². The maximum atomic E-state index is 6.34. The molecule has 0 spiro atoms. The van der Waals surface area contributed by atoms with Crippen LogP contribution in [0.5, 0.6) is 11.5 Å². The third kappa shape index (κ3) is 2.89. The first-order valence-corrected chi connectivity index (χ1v) is 8.15. The fourth-order valence-corrected chi connectivity index (χ4v) is 3.67. The molecule has 1 aromatic carbocycles. The van der Waals surface area contributed by atoms with Crippen molar-refractivity contribution in [2.45, 2.75) is 59.1 Å². The summed E-state index contributed by atoms with van der Waals surface area (Å²) in [5, 5.41) is 3.62. The number of nitrogens with one attached hydrogen (secondary N) is 1. The van der Waals surface area contributed by atoms with E-state index < -0.39 is 0 Å². The first kappa shape index (κ1) is 16.2. The molecule has 0 aromatic heterocycles. The molecule has 0 bridgehead atoms. The van der Waals surface area contributed by atoms with Gasteiger partial charge in [-0.1, -0.05) is 26.8 Å². The molecular formula is C18H29NO2. The van der Waals surface area contributed by atoms with Crippen LogP contribution in [0.4, 0.5) is 0 Å². The Kier molecular flexibility index (Phi) is 5.15. The van der Waals surface area contributed by atoms with Gasteiger partial charge in [-0.2, -0.15) is 0 Å². The molecule has 3 heteroatoms. The molecule has 2 unspecified atom stereocenters. The average molecular weight is 291 g/mol. The van der Waals surface area contributed by atoms with Crippen molar-refractivity contribution >= 4 is 0 Å². The Labute approximate surface area is 129 Å². The lowest BCUT2D eigenvalue weighted by molar-refractivity contribution is -0.0861. The zero-order valence-electron chi connectivity index (χ0n) is 14.0. The van der Waals surface area contributed by atoms with Gasteiger partial charge in [0.15, 0.2) is 11.5 Å². The molecule has 1 aliphatic rings. The number of hydrogen-bond acceptors (Lipinski definition) is 3. The van der Waals surface area contributed by atoms with Crippen LogP contribution >= 0.6 is 0 Å². The Morgan fingerprint density at radius 3 is 2.48 bits per heavy atom. The highest BCUT2D eigenvalue weighted by Crippen LogP contribution is 2.49. The lowest BCUT2D eigenvalue weighted by Gasteiger charge is -2.55. The van der Waals surface area contributed by atoms with E-state index in [0.29, 0.717) is 6.04 Å². The van der Waals surface area contributed by atoms with E-state index in [9.17, 15) is 0 Å². The van der Waals surface area contributed by atoms with Gasteiger partial charge in [0.2, 0.25) is 0 Å². The molecule has 1 aromatic rings. The minimum atomic E-state index is 0.242. The molecule has 2 rings (SSSR count). The van der Waals surface area contributed by atoms with Crippen LogP contribution in [0.15, 0.2) is 18.2 Å². The highest BCUT2D eigenvalue weighted by Gasteiger charge is 2.54. The van der Waals surface area contributed by atoms with E-state index in [1.165, 1.54) is 5.56 Å². The number of methoxy groups -OCH3 is 1. The molecule has 0 saturated heterocycles. The van der Waals surface area contributed by atoms with Crippen LogP contribution in [0.2, 0.25) is 0 Å². The van der Waals surface area contributed by atoms with Crippen molar-refractivity contribution in [2.75, 3.05) is 13.7 Å². The van der Waals surface area contributed by atoms with E-state index in [0.717, 1.165) is 37.3 Å². The first-order chi connectivity index (χ1) is 10.1. The Morgan fingerprint density at radius 1 is 1.19 bits per heavy atom. The van der Waals surface area contributed by atoms with Crippen molar-refractivity contribution < 1.29 is 9.47 Å². The van der Waals surface area contributed by atoms with E-state index in [2.05, 4.69) is 39.1 Å². The number of aryl methyl sites for hydroxylation is 1. The summed E-state index contributed by atoms with van der Waals surface area (Å²) in [6.07, 6.45) is 3.63. The molecule has 118 valence electrons. The summed E-state index contributed by atoms with van der Waals surface area (Å²) in [6, 6.07) is 6.72. The summed E-state index contributed by atoms with van der Waals surface area (Å²) < 4.78 is 11.8. The van der Waals surface area contributed by atoms with Gasteiger partial charge in [0, 0.05) is 17.9 Å². The van der Waals surface area contributed by atoms with Crippen LogP contribution in [-0.2, 0) is 0 Å². The lowest BCUT2D eigenvalue weighted by Crippen LogP contribution is -2.64. The van der Waals surface area contributed by atoms with Gasteiger partial charge >= 0.3 is 0 Å². The van der Waals surface area contributed by atoms with Crippen LogP contribution in [-0.4, -0.2) is 25.8 Å². The first-order valence-electron chi connectivity index (χ1n) is 8.15. The van der Waals surface area contributed by atoms with Gasteiger partial charge in [0.1, 0.15) is 6.10 Å². The van der Waals surface area contributed by atoms with Crippen molar-refractivity contribution in [2.24, 2.45) is 5.41 Å². The van der Waals surface area contributed by atoms with E-state index >= 15 is 0 Å². The highest BCUT2D eigenvalue weighted by atomic mass is 16.5. The van der Waals surface area contributed by atoms with E-state index in [1.807, 2.05) is 12.1 Å². The van der Waals surface area contributed by atoms with Crippen LogP contribution in [0.25, 0.3) is 0 Å². The minimum absolute atomic E-state index is 0.242. The van der Waals surface area contributed by atoms with Crippen molar-refractivity contribution in [3.8, 4) is 11.5 Å². The predicted octanol–water partition coefficient (Wildman–Crippen LogP) is 3.94. The maximum Gasteiger partial charge on any atom is 0.161 e. The molecule has 1 aliphatic carbocycles. The second kappa shape index (κ2) is 6.69. The van der Waals surface area contributed by atoms with Crippen LogP contribution in [0.1, 0.15) is 45.6 Å². The maximum absolute atomic E-state index is 6.34. The smallest absolute Gasteiger partial charge is 0.161 e. The standard InChI is InChI=1S/C18H29NO2/c1-6-18(7-2)16(19-8-3)12-17(18)21-14-10-9-13(4)11-15(14)20-5/h9-11,16-17,19H,6-8,12H2,1-5H3. The molecule has 0 aliphatic heterocycles. The fourth-order valence-electron chi connectivity index (χ4n) is 3.67. The largest absolute Gasteiger partial charge is 0.493 e. The van der Waals surface area contributed by atoms with Gasteiger partial charge in [-0.15, -0.1) is 0 Å². The minimum Gasteiger partial charge on any atom is -0.493 e. The van der Waals surface area contributed by atoms with Gasteiger partial charge in [-0.25, -0.2) is 0 Å². The molecule has 21 heavy (non-hydrogen) atoms. The summed E-state index contributed by atoms with van der Waals surface area (Å²) in [4.78, 5) is 0. The topological polar surface area (TPSA) is 30.5 Å². The number of rotatable bonds is 7. The van der Waals surface area contributed by atoms with E-state index in [4.69, 9.17) is 9.47 Å². The quantitative estimate of drug-likeness (QED) is 0.825. The summed E-state index contributed by atoms with van der Waals surface area (Å²) in [5.41, 5.74) is 1.43. The second-order valence-electron chi connectivity index (χ2n) is 6.05. The third-order valence-corrected chi connectivity index (χ3v) is 5.14. The van der Waals surface area contributed by atoms with Crippen LogP contribution in [0.3, 0.4) is 0 Å². The molecule has 1 fully saturated rings. The van der Waals surface area contributed by atoms with Gasteiger partial charge in [0.05, 0.1) is 7.11 Å². The van der Waals surface area contributed by atoms with Crippen LogP contribution in [0, 0.1) is 12.3 Å². The molecule has 3 nitrogen and oxygen atoms in total. The summed E-state index contributed by atoms with van der Waals surface area (Å²) in [6.45, 7) is 9.81. The van der Waals surface area contributed by atoms with E-state index in [1.54, 1.807) is 7.11 Å². The SMILES string of the molecule is CCNC1CC(Oc2ccc(C)cc2OC)C1(CC)CC. The average Bonchev–Trinajstić information content (AvgIpc) is 2.48. The molecule has 0 heterocycles. The van der Waals surface area contributed by atoms with Gasteiger partial charge in [-0.3, -0.25) is 0 Å². The molecule has 2 atom stereocenters. The molecule has 1 saturated carbocycles. The fraction of sp³-hybridized carbons (Fsp3) is 0.667. The Hall–Kier alpha value is -1.22. The molecular weight excluding hydrogens is 262 g/mol. The van der Waals surface area contributed by atoms with Gasteiger partial charge in [0.25, 0.3) is 0 Å². The Bertz CT molecular complexity index is 468. The highest BCUT2D eigenvalue weighted by molar-refractivity contribution is 5.43.